The highest BCUT2D eigenvalue weighted by molar-refractivity contribution is 5.84. The Morgan fingerprint density at radius 2 is 1.86 bits per heavy atom. The molecule has 0 saturated heterocycles. The van der Waals surface area contributed by atoms with Crippen molar-refractivity contribution in [3.63, 3.8) is 0 Å². The summed E-state index contributed by atoms with van der Waals surface area (Å²) in [5.41, 5.74) is 4.07. The highest BCUT2D eigenvalue weighted by Gasteiger charge is 2.14. The fourth-order valence-corrected chi connectivity index (χ4v) is 2.62. The molecule has 0 aliphatic heterocycles. The molecule has 0 spiro atoms. The highest BCUT2D eigenvalue weighted by atomic mass is 16.4. The number of hydrogen-bond acceptors (Lipinski definition) is 2. The molecule has 3 aromatic rings. The van der Waals surface area contributed by atoms with E-state index in [0.29, 0.717) is 6.42 Å². The van der Waals surface area contributed by atoms with E-state index in [-0.39, 0.29) is 0 Å². The second-order valence-corrected chi connectivity index (χ2v) is 5.52. The molecule has 1 unspecified atom stereocenters. The van der Waals surface area contributed by atoms with E-state index in [1.165, 1.54) is 0 Å². The summed E-state index contributed by atoms with van der Waals surface area (Å²) in [6.07, 6.45) is 2.37. The molecule has 1 aromatic heterocycles. The van der Waals surface area contributed by atoms with E-state index in [9.17, 15) is 4.79 Å². The lowest BCUT2D eigenvalue weighted by Crippen LogP contribution is -2.12. The van der Waals surface area contributed by atoms with Gasteiger partial charge in [-0.05, 0) is 29.7 Å². The predicted octanol–water partition coefficient (Wildman–Crippen LogP) is 4.17. The van der Waals surface area contributed by atoms with E-state index in [0.717, 1.165) is 27.6 Å². The molecule has 0 amide bonds. The molecule has 110 valence electrons. The molecule has 0 aliphatic carbocycles. The van der Waals surface area contributed by atoms with Crippen LogP contribution in [0.2, 0.25) is 0 Å². The van der Waals surface area contributed by atoms with E-state index in [4.69, 9.17) is 5.11 Å². The number of rotatable bonds is 4. The van der Waals surface area contributed by atoms with Gasteiger partial charge in [-0.15, -0.1) is 0 Å². The lowest BCUT2D eigenvalue weighted by atomic mass is 9.93. The molecule has 0 saturated carbocycles. The molecule has 3 rings (SSSR count). The molecule has 1 heterocycles. The predicted molar refractivity (Wildman–Crippen MR) is 87.7 cm³/mol. The maximum absolute atomic E-state index is 11.1. The number of carbonyl (C=O) groups is 1. The first-order valence-corrected chi connectivity index (χ1v) is 7.31. The summed E-state index contributed by atoms with van der Waals surface area (Å²) in [7, 11) is 0. The van der Waals surface area contributed by atoms with Crippen LogP contribution in [0.3, 0.4) is 0 Å². The highest BCUT2D eigenvalue weighted by Crippen LogP contribution is 2.27. The van der Waals surface area contributed by atoms with E-state index in [1.54, 1.807) is 6.92 Å². The zero-order valence-corrected chi connectivity index (χ0v) is 12.4. The van der Waals surface area contributed by atoms with Crippen molar-refractivity contribution < 1.29 is 9.90 Å². The zero-order valence-electron chi connectivity index (χ0n) is 12.4. The Kier molecular flexibility index (Phi) is 3.88. The Morgan fingerprint density at radius 1 is 1.14 bits per heavy atom. The Labute approximate surface area is 129 Å². The molecule has 3 heteroatoms. The van der Waals surface area contributed by atoms with Gasteiger partial charge in [0.15, 0.2) is 0 Å². The first-order chi connectivity index (χ1) is 10.6. The number of carboxylic acids is 1. The quantitative estimate of drug-likeness (QED) is 0.785. The van der Waals surface area contributed by atoms with Crippen LogP contribution in [-0.2, 0) is 11.2 Å². The van der Waals surface area contributed by atoms with Gasteiger partial charge >= 0.3 is 5.97 Å². The molecule has 2 aromatic carbocycles. The molecule has 1 N–H and O–H groups in total. The van der Waals surface area contributed by atoms with Crippen LogP contribution in [0.25, 0.3) is 22.0 Å². The maximum atomic E-state index is 11.1. The standard InChI is InChI=1S/C19H17NO2/c1-13(19(21)22)10-14-6-2-4-8-17(14)16-11-15-7-3-5-9-18(15)20-12-16/h2-9,11-13H,10H2,1H3,(H,21,22). The minimum atomic E-state index is -0.772. The van der Waals surface area contributed by atoms with Crippen LogP contribution in [-0.4, -0.2) is 16.1 Å². The van der Waals surface area contributed by atoms with Crippen molar-refractivity contribution >= 4 is 16.9 Å². The van der Waals surface area contributed by atoms with Gasteiger partial charge in [-0.3, -0.25) is 9.78 Å². The molecule has 1 atom stereocenters. The van der Waals surface area contributed by atoms with Gasteiger partial charge in [0, 0.05) is 17.1 Å². The van der Waals surface area contributed by atoms with Gasteiger partial charge in [0.05, 0.1) is 11.4 Å². The summed E-state index contributed by atoms with van der Waals surface area (Å²) in [6, 6.07) is 18.0. The largest absolute Gasteiger partial charge is 0.481 e. The Balaban J connectivity index is 2.04. The summed E-state index contributed by atoms with van der Waals surface area (Å²) in [5, 5.41) is 10.2. The van der Waals surface area contributed by atoms with Crippen LogP contribution >= 0.6 is 0 Å². The summed E-state index contributed by atoms with van der Waals surface area (Å²) < 4.78 is 0. The van der Waals surface area contributed by atoms with E-state index >= 15 is 0 Å². The summed E-state index contributed by atoms with van der Waals surface area (Å²) in [5.74, 6) is -1.18. The topological polar surface area (TPSA) is 50.2 Å². The molecule has 3 nitrogen and oxygen atoms in total. The Morgan fingerprint density at radius 3 is 2.68 bits per heavy atom. The first kappa shape index (κ1) is 14.3. The lowest BCUT2D eigenvalue weighted by molar-refractivity contribution is -0.141. The average molecular weight is 291 g/mol. The van der Waals surface area contributed by atoms with Gasteiger partial charge in [0.25, 0.3) is 0 Å². The van der Waals surface area contributed by atoms with Crippen LogP contribution in [0.1, 0.15) is 12.5 Å². The SMILES string of the molecule is CC(Cc1ccccc1-c1cnc2ccccc2c1)C(=O)O. The number of carboxylic acid groups (broad SMARTS) is 1. The lowest BCUT2D eigenvalue weighted by Gasteiger charge is -2.12. The third-order valence-electron chi connectivity index (χ3n) is 3.87. The third kappa shape index (κ3) is 2.84. The monoisotopic (exact) mass is 291 g/mol. The van der Waals surface area contributed by atoms with E-state index < -0.39 is 11.9 Å². The van der Waals surface area contributed by atoms with Crippen molar-refractivity contribution in [1.82, 2.24) is 4.98 Å². The van der Waals surface area contributed by atoms with Crippen molar-refractivity contribution in [2.75, 3.05) is 0 Å². The number of aromatic nitrogens is 1. The maximum Gasteiger partial charge on any atom is 0.306 e. The second-order valence-electron chi connectivity index (χ2n) is 5.52. The molecule has 0 radical (unpaired) electrons. The van der Waals surface area contributed by atoms with Crippen molar-refractivity contribution in [2.45, 2.75) is 13.3 Å². The normalized spacial score (nSPS) is 12.2. The number of nitrogens with zero attached hydrogens (tertiary/aromatic N) is 1. The summed E-state index contributed by atoms with van der Waals surface area (Å²) in [6.45, 7) is 1.73. The van der Waals surface area contributed by atoms with Gasteiger partial charge in [0.1, 0.15) is 0 Å². The van der Waals surface area contributed by atoms with Crippen LogP contribution in [0.4, 0.5) is 0 Å². The van der Waals surface area contributed by atoms with Gasteiger partial charge in [-0.25, -0.2) is 0 Å². The van der Waals surface area contributed by atoms with Crippen LogP contribution in [0.15, 0.2) is 60.8 Å². The zero-order chi connectivity index (χ0) is 15.5. The van der Waals surface area contributed by atoms with E-state index in [1.807, 2.05) is 54.7 Å². The molecule has 22 heavy (non-hydrogen) atoms. The van der Waals surface area contributed by atoms with Crippen LogP contribution in [0, 0.1) is 5.92 Å². The third-order valence-corrected chi connectivity index (χ3v) is 3.87. The average Bonchev–Trinajstić information content (AvgIpc) is 2.55. The minimum Gasteiger partial charge on any atom is -0.481 e. The summed E-state index contributed by atoms with van der Waals surface area (Å²) in [4.78, 5) is 15.6. The van der Waals surface area contributed by atoms with Gasteiger partial charge in [0.2, 0.25) is 0 Å². The van der Waals surface area contributed by atoms with Gasteiger partial charge in [-0.2, -0.15) is 0 Å². The molecule has 0 fully saturated rings. The van der Waals surface area contributed by atoms with Gasteiger partial charge < -0.3 is 5.11 Å². The van der Waals surface area contributed by atoms with Crippen molar-refractivity contribution in [1.29, 1.82) is 0 Å². The number of aliphatic carboxylic acids is 1. The second kappa shape index (κ2) is 5.98. The molecule has 0 bridgehead atoms. The van der Waals surface area contributed by atoms with Gasteiger partial charge in [-0.1, -0.05) is 49.4 Å². The molecular formula is C19H17NO2. The first-order valence-electron chi connectivity index (χ1n) is 7.31. The number of benzene rings is 2. The summed E-state index contributed by atoms with van der Waals surface area (Å²) >= 11 is 0. The van der Waals surface area contributed by atoms with Crippen molar-refractivity contribution in [2.24, 2.45) is 5.92 Å². The van der Waals surface area contributed by atoms with Crippen LogP contribution in [0.5, 0.6) is 0 Å². The number of pyridine rings is 1. The Hall–Kier alpha value is -2.68. The van der Waals surface area contributed by atoms with Crippen LogP contribution < -0.4 is 0 Å². The minimum absolute atomic E-state index is 0.408. The number of hydrogen-bond donors (Lipinski definition) is 1. The fraction of sp³-hybridized carbons (Fsp3) is 0.158. The van der Waals surface area contributed by atoms with Crippen molar-refractivity contribution in [3.8, 4) is 11.1 Å². The number of para-hydroxylation sites is 1. The Bertz CT molecular complexity index is 826. The van der Waals surface area contributed by atoms with Crippen molar-refractivity contribution in [3.05, 3.63) is 66.4 Å². The fourth-order valence-electron chi connectivity index (χ4n) is 2.62. The number of fused-ring (bicyclic) bond motifs is 1. The van der Waals surface area contributed by atoms with E-state index in [2.05, 4.69) is 11.1 Å². The molecular weight excluding hydrogens is 274 g/mol. The molecule has 0 aliphatic rings. The smallest absolute Gasteiger partial charge is 0.306 e.